The van der Waals surface area contributed by atoms with Gasteiger partial charge in [0.25, 0.3) is 5.91 Å². The van der Waals surface area contributed by atoms with Gasteiger partial charge in [0.1, 0.15) is 5.69 Å². The highest BCUT2D eigenvalue weighted by Crippen LogP contribution is 2.27. The number of nitrogens with zero attached hydrogens (tertiary/aromatic N) is 1. The lowest BCUT2D eigenvalue weighted by Gasteiger charge is -2.15. The van der Waals surface area contributed by atoms with Crippen LogP contribution in [0.2, 0.25) is 0 Å². The predicted molar refractivity (Wildman–Crippen MR) is 105 cm³/mol. The van der Waals surface area contributed by atoms with E-state index in [2.05, 4.69) is 20.6 Å². The first-order valence-electron chi connectivity index (χ1n) is 7.97. The average Bonchev–Trinajstić information content (AvgIpc) is 3.34. The molecule has 0 aliphatic heterocycles. The van der Waals surface area contributed by atoms with E-state index in [-0.39, 0.29) is 30.0 Å². The van der Waals surface area contributed by atoms with E-state index in [1.54, 1.807) is 17.6 Å². The van der Waals surface area contributed by atoms with E-state index in [1.807, 2.05) is 17.5 Å². The first-order valence-corrected chi connectivity index (χ1v) is 9.73. The van der Waals surface area contributed by atoms with Crippen molar-refractivity contribution in [3.8, 4) is 11.3 Å². The van der Waals surface area contributed by atoms with Crippen molar-refractivity contribution in [1.82, 2.24) is 15.3 Å². The minimum Gasteiger partial charge on any atom is -0.364 e. The SMILES string of the molecule is CC(=O)N[C@H](CC(=O)Nc1nc(-c2c[nH]c(C(N)=O)c2)cs1)c1cccs1. The average molecular weight is 403 g/mol. The quantitative estimate of drug-likeness (QED) is 0.483. The molecule has 3 amide bonds. The van der Waals surface area contributed by atoms with Crippen molar-refractivity contribution in [3.05, 3.63) is 45.7 Å². The molecule has 0 saturated heterocycles. The van der Waals surface area contributed by atoms with E-state index in [9.17, 15) is 14.4 Å². The van der Waals surface area contributed by atoms with Crippen molar-refractivity contribution in [3.63, 3.8) is 0 Å². The van der Waals surface area contributed by atoms with Crippen LogP contribution in [0.5, 0.6) is 0 Å². The Hall–Kier alpha value is -2.98. The zero-order valence-electron chi connectivity index (χ0n) is 14.3. The van der Waals surface area contributed by atoms with Crippen LogP contribution in [0.3, 0.4) is 0 Å². The summed E-state index contributed by atoms with van der Waals surface area (Å²) in [6.07, 6.45) is 1.73. The van der Waals surface area contributed by atoms with Gasteiger partial charge in [0.15, 0.2) is 5.13 Å². The number of primary amides is 1. The molecule has 0 radical (unpaired) electrons. The van der Waals surface area contributed by atoms with Crippen molar-refractivity contribution < 1.29 is 14.4 Å². The molecule has 0 aromatic carbocycles. The first-order chi connectivity index (χ1) is 12.9. The van der Waals surface area contributed by atoms with Crippen LogP contribution in [0.4, 0.5) is 5.13 Å². The molecule has 10 heteroatoms. The summed E-state index contributed by atoms with van der Waals surface area (Å²) in [4.78, 5) is 43.0. The number of aromatic amines is 1. The Bertz CT molecular complexity index is 961. The maximum atomic E-state index is 12.4. The fourth-order valence-corrected chi connectivity index (χ4v) is 3.98. The van der Waals surface area contributed by atoms with Crippen LogP contribution >= 0.6 is 22.7 Å². The summed E-state index contributed by atoms with van der Waals surface area (Å²) in [6.45, 7) is 1.42. The molecule has 0 spiro atoms. The monoisotopic (exact) mass is 403 g/mol. The number of nitrogens with one attached hydrogen (secondary N) is 3. The summed E-state index contributed by atoms with van der Waals surface area (Å²) < 4.78 is 0. The van der Waals surface area contributed by atoms with E-state index >= 15 is 0 Å². The molecule has 5 N–H and O–H groups in total. The van der Waals surface area contributed by atoms with Crippen LogP contribution in [0, 0.1) is 0 Å². The molecule has 0 fully saturated rings. The van der Waals surface area contributed by atoms with E-state index in [1.165, 1.54) is 29.6 Å². The largest absolute Gasteiger partial charge is 0.364 e. The summed E-state index contributed by atoms with van der Waals surface area (Å²) in [6, 6.07) is 4.97. The molecule has 0 saturated carbocycles. The molecular weight excluding hydrogens is 386 g/mol. The minimum atomic E-state index is -0.553. The Kier molecular flexibility index (Phi) is 5.67. The molecule has 3 rings (SSSR count). The van der Waals surface area contributed by atoms with E-state index in [4.69, 9.17) is 5.73 Å². The number of carbonyl (C=O) groups is 3. The second kappa shape index (κ2) is 8.14. The van der Waals surface area contributed by atoms with Crippen LogP contribution in [0.25, 0.3) is 11.3 Å². The topological polar surface area (TPSA) is 130 Å². The zero-order chi connectivity index (χ0) is 19.4. The molecule has 27 heavy (non-hydrogen) atoms. The number of nitrogens with two attached hydrogens (primary N) is 1. The van der Waals surface area contributed by atoms with Crippen molar-refractivity contribution in [2.45, 2.75) is 19.4 Å². The molecule has 0 aliphatic carbocycles. The number of anilines is 1. The van der Waals surface area contributed by atoms with Gasteiger partial charge in [-0.15, -0.1) is 22.7 Å². The van der Waals surface area contributed by atoms with Gasteiger partial charge in [-0.3, -0.25) is 14.4 Å². The number of hydrogen-bond acceptors (Lipinski definition) is 6. The Balaban J connectivity index is 1.66. The maximum Gasteiger partial charge on any atom is 0.265 e. The minimum absolute atomic E-state index is 0.102. The predicted octanol–water partition coefficient (Wildman–Crippen LogP) is 2.50. The lowest BCUT2D eigenvalue weighted by atomic mass is 10.1. The van der Waals surface area contributed by atoms with Gasteiger partial charge in [0.05, 0.1) is 18.2 Å². The highest BCUT2D eigenvalue weighted by Gasteiger charge is 2.19. The van der Waals surface area contributed by atoms with Crippen molar-refractivity contribution in [1.29, 1.82) is 0 Å². The third kappa shape index (κ3) is 4.80. The molecular formula is C17H17N5O3S2. The van der Waals surface area contributed by atoms with Gasteiger partial charge in [0, 0.05) is 28.9 Å². The molecule has 0 aliphatic rings. The fraction of sp³-hybridized carbons (Fsp3) is 0.176. The van der Waals surface area contributed by atoms with E-state index in [0.29, 0.717) is 16.4 Å². The van der Waals surface area contributed by atoms with Gasteiger partial charge in [-0.05, 0) is 17.5 Å². The number of carbonyl (C=O) groups excluding carboxylic acids is 3. The molecule has 8 nitrogen and oxygen atoms in total. The zero-order valence-corrected chi connectivity index (χ0v) is 15.9. The molecule has 3 aromatic heterocycles. The number of thiazole rings is 1. The van der Waals surface area contributed by atoms with E-state index in [0.717, 1.165) is 4.88 Å². The first kappa shape index (κ1) is 18.8. The van der Waals surface area contributed by atoms with Crippen molar-refractivity contribution in [2.75, 3.05) is 5.32 Å². The summed E-state index contributed by atoms with van der Waals surface area (Å²) in [5, 5.41) is 9.64. The van der Waals surface area contributed by atoms with Gasteiger partial charge in [0.2, 0.25) is 11.8 Å². The van der Waals surface area contributed by atoms with Gasteiger partial charge in [-0.2, -0.15) is 0 Å². The standard InChI is InChI=1S/C17H17N5O3S2/c1-9(23)20-11(14-3-2-4-26-14)6-15(24)22-17-21-13(8-27-17)10-5-12(16(18)25)19-7-10/h2-5,7-8,11,19H,6H2,1H3,(H2,18,25)(H,20,23)(H,21,22,24)/t11-/m1/s1. The lowest BCUT2D eigenvalue weighted by Crippen LogP contribution is -2.29. The Labute approximate surface area is 162 Å². The van der Waals surface area contributed by atoms with Crippen molar-refractivity contribution >= 4 is 45.5 Å². The van der Waals surface area contributed by atoms with Crippen LogP contribution < -0.4 is 16.4 Å². The molecule has 140 valence electrons. The van der Waals surface area contributed by atoms with Crippen LogP contribution in [-0.2, 0) is 9.59 Å². The molecule has 3 aromatic rings. The molecule has 0 unspecified atom stereocenters. The highest BCUT2D eigenvalue weighted by molar-refractivity contribution is 7.14. The normalized spacial score (nSPS) is 11.7. The third-order valence-corrected chi connectivity index (χ3v) is 5.39. The van der Waals surface area contributed by atoms with Gasteiger partial charge in [-0.25, -0.2) is 4.98 Å². The number of H-pyrrole nitrogens is 1. The van der Waals surface area contributed by atoms with Crippen LogP contribution in [0.15, 0.2) is 35.2 Å². The van der Waals surface area contributed by atoms with E-state index < -0.39 is 5.91 Å². The molecule has 0 bridgehead atoms. The number of amides is 3. The number of aromatic nitrogens is 2. The highest BCUT2D eigenvalue weighted by atomic mass is 32.1. The van der Waals surface area contributed by atoms with Crippen molar-refractivity contribution in [2.24, 2.45) is 5.73 Å². The second-order valence-corrected chi connectivity index (χ2v) is 7.56. The molecule has 1 atom stereocenters. The van der Waals surface area contributed by atoms with Gasteiger partial charge < -0.3 is 21.4 Å². The maximum absolute atomic E-state index is 12.4. The smallest absolute Gasteiger partial charge is 0.265 e. The van der Waals surface area contributed by atoms with Crippen LogP contribution in [0.1, 0.15) is 34.8 Å². The summed E-state index contributed by atoms with van der Waals surface area (Å²) >= 11 is 2.75. The summed E-state index contributed by atoms with van der Waals surface area (Å²) in [5.74, 6) is -1.01. The summed E-state index contributed by atoms with van der Waals surface area (Å²) in [5.41, 5.74) is 6.84. The molecule has 3 heterocycles. The van der Waals surface area contributed by atoms with Crippen LogP contribution in [-0.4, -0.2) is 27.7 Å². The second-order valence-electron chi connectivity index (χ2n) is 5.73. The third-order valence-electron chi connectivity index (χ3n) is 3.65. The Morgan fingerprint density at radius 3 is 2.78 bits per heavy atom. The lowest BCUT2D eigenvalue weighted by molar-refractivity contribution is -0.120. The number of thiophene rings is 1. The fourth-order valence-electron chi connectivity index (χ4n) is 2.46. The number of hydrogen-bond donors (Lipinski definition) is 4. The number of rotatable bonds is 7. The van der Waals surface area contributed by atoms with Gasteiger partial charge in [-0.1, -0.05) is 6.07 Å². The van der Waals surface area contributed by atoms with Gasteiger partial charge >= 0.3 is 0 Å². The Morgan fingerprint density at radius 1 is 1.33 bits per heavy atom. The Morgan fingerprint density at radius 2 is 2.15 bits per heavy atom. The summed E-state index contributed by atoms with van der Waals surface area (Å²) in [7, 11) is 0.